The molecule has 1 aromatic rings. The van der Waals surface area contributed by atoms with Gasteiger partial charge in [0.25, 0.3) is 0 Å². The lowest BCUT2D eigenvalue weighted by atomic mass is 9.96. The number of rotatable bonds is 1. The van der Waals surface area contributed by atoms with Crippen LogP contribution in [0.4, 0.5) is 11.4 Å². The Hall–Kier alpha value is -0.890. The van der Waals surface area contributed by atoms with Crippen molar-refractivity contribution in [3.8, 4) is 0 Å². The van der Waals surface area contributed by atoms with Crippen molar-refractivity contribution in [2.24, 2.45) is 5.41 Å². The molecule has 1 aliphatic carbocycles. The van der Waals surface area contributed by atoms with Gasteiger partial charge in [-0.1, -0.05) is 11.6 Å². The van der Waals surface area contributed by atoms with E-state index in [9.17, 15) is 0 Å². The lowest BCUT2D eigenvalue weighted by Crippen LogP contribution is -2.48. The van der Waals surface area contributed by atoms with Crippen LogP contribution in [0.1, 0.15) is 12.8 Å². The smallest absolute Gasteiger partial charge is 0.0636 e. The topological polar surface area (TPSA) is 29.3 Å². The van der Waals surface area contributed by atoms with Gasteiger partial charge in [-0.3, -0.25) is 0 Å². The van der Waals surface area contributed by atoms with E-state index < -0.39 is 0 Å². The Balaban J connectivity index is 1.80. The summed E-state index contributed by atoms with van der Waals surface area (Å²) in [5.41, 5.74) is 8.34. The maximum absolute atomic E-state index is 5.87. The Bertz CT molecular complexity index is 377. The van der Waals surface area contributed by atoms with E-state index in [1.807, 2.05) is 18.2 Å². The fraction of sp³-hybridized carbons (Fsp3) is 0.455. The van der Waals surface area contributed by atoms with Crippen LogP contribution in [0.25, 0.3) is 0 Å². The molecular weight excluding hydrogens is 196 g/mol. The Morgan fingerprint density at radius 3 is 2.57 bits per heavy atom. The van der Waals surface area contributed by atoms with E-state index in [0.717, 1.165) is 0 Å². The van der Waals surface area contributed by atoms with E-state index in [2.05, 4.69) is 4.90 Å². The van der Waals surface area contributed by atoms with Crippen LogP contribution in [0.2, 0.25) is 5.02 Å². The highest BCUT2D eigenvalue weighted by Crippen LogP contribution is 2.54. The average molecular weight is 209 g/mol. The molecule has 0 bridgehead atoms. The summed E-state index contributed by atoms with van der Waals surface area (Å²) in [7, 11) is 0. The molecule has 1 aliphatic heterocycles. The largest absolute Gasteiger partial charge is 0.397 e. The van der Waals surface area contributed by atoms with E-state index in [4.69, 9.17) is 17.3 Å². The fourth-order valence-electron chi connectivity index (χ4n) is 2.17. The standard InChI is InChI=1S/C11H13ClN2/c12-9-2-1-8(5-10(9)13)14-6-11(7-14)3-4-11/h1-2,5H,3-4,6-7,13H2. The van der Waals surface area contributed by atoms with Gasteiger partial charge in [0.1, 0.15) is 0 Å². The zero-order valence-corrected chi connectivity index (χ0v) is 8.72. The van der Waals surface area contributed by atoms with Gasteiger partial charge in [0, 0.05) is 24.2 Å². The maximum Gasteiger partial charge on any atom is 0.0636 e. The van der Waals surface area contributed by atoms with Gasteiger partial charge in [-0.2, -0.15) is 0 Å². The summed E-state index contributed by atoms with van der Waals surface area (Å²) in [6.45, 7) is 2.40. The highest BCUT2D eigenvalue weighted by atomic mass is 35.5. The first-order chi connectivity index (χ1) is 6.69. The molecule has 3 heteroatoms. The third-order valence-electron chi connectivity index (χ3n) is 3.35. The zero-order chi connectivity index (χ0) is 9.76. The molecular formula is C11H13ClN2. The molecule has 1 heterocycles. The summed E-state index contributed by atoms with van der Waals surface area (Å²) in [6, 6.07) is 5.90. The Labute approximate surface area is 88.6 Å². The number of anilines is 2. The molecule has 1 aromatic carbocycles. The van der Waals surface area contributed by atoms with Crippen molar-refractivity contribution < 1.29 is 0 Å². The van der Waals surface area contributed by atoms with Gasteiger partial charge in [0.2, 0.25) is 0 Å². The van der Waals surface area contributed by atoms with E-state index >= 15 is 0 Å². The molecule has 1 saturated heterocycles. The maximum atomic E-state index is 5.87. The van der Waals surface area contributed by atoms with Crippen LogP contribution in [0.3, 0.4) is 0 Å². The summed E-state index contributed by atoms with van der Waals surface area (Å²) >= 11 is 5.87. The van der Waals surface area contributed by atoms with Gasteiger partial charge in [-0.15, -0.1) is 0 Å². The van der Waals surface area contributed by atoms with Crippen LogP contribution < -0.4 is 10.6 Å². The highest BCUT2D eigenvalue weighted by molar-refractivity contribution is 6.33. The number of hydrogen-bond donors (Lipinski definition) is 1. The number of nitrogens with two attached hydrogens (primary N) is 1. The first-order valence-corrected chi connectivity index (χ1v) is 5.36. The number of nitrogen functional groups attached to an aromatic ring is 1. The molecule has 0 amide bonds. The zero-order valence-electron chi connectivity index (χ0n) is 7.96. The molecule has 14 heavy (non-hydrogen) atoms. The summed E-state index contributed by atoms with van der Waals surface area (Å²) < 4.78 is 0. The van der Waals surface area contributed by atoms with Crippen molar-refractivity contribution in [3.63, 3.8) is 0 Å². The van der Waals surface area contributed by atoms with E-state index in [1.54, 1.807) is 0 Å². The number of halogens is 1. The third kappa shape index (κ3) is 1.17. The monoisotopic (exact) mass is 208 g/mol. The molecule has 2 fully saturated rings. The van der Waals surface area contributed by atoms with Crippen LogP contribution in [0.5, 0.6) is 0 Å². The predicted molar refractivity (Wildman–Crippen MR) is 59.7 cm³/mol. The molecule has 0 aromatic heterocycles. The van der Waals surface area contributed by atoms with E-state index in [-0.39, 0.29) is 0 Å². The van der Waals surface area contributed by atoms with Crippen molar-refractivity contribution in [1.82, 2.24) is 0 Å². The van der Waals surface area contributed by atoms with E-state index in [1.165, 1.54) is 31.6 Å². The SMILES string of the molecule is Nc1cc(N2CC3(CC3)C2)ccc1Cl. The second-order valence-electron chi connectivity index (χ2n) is 4.56. The molecule has 2 nitrogen and oxygen atoms in total. The summed E-state index contributed by atoms with van der Waals surface area (Å²) in [6.07, 6.45) is 2.82. The van der Waals surface area contributed by atoms with Crippen molar-refractivity contribution in [2.45, 2.75) is 12.8 Å². The minimum Gasteiger partial charge on any atom is -0.397 e. The Kier molecular flexibility index (Phi) is 1.55. The van der Waals surface area contributed by atoms with Gasteiger partial charge < -0.3 is 10.6 Å². The molecule has 2 N–H and O–H groups in total. The molecule has 0 radical (unpaired) electrons. The van der Waals surface area contributed by atoms with Crippen molar-refractivity contribution in [1.29, 1.82) is 0 Å². The van der Waals surface area contributed by atoms with Gasteiger partial charge in [0.05, 0.1) is 10.7 Å². The van der Waals surface area contributed by atoms with Crippen LogP contribution >= 0.6 is 11.6 Å². The Morgan fingerprint density at radius 2 is 2.00 bits per heavy atom. The first-order valence-electron chi connectivity index (χ1n) is 4.99. The lowest BCUT2D eigenvalue weighted by molar-refractivity contribution is 0.387. The summed E-state index contributed by atoms with van der Waals surface area (Å²) in [5, 5.41) is 0.649. The average Bonchev–Trinajstić information content (AvgIpc) is 2.87. The third-order valence-corrected chi connectivity index (χ3v) is 3.70. The van der Waals surface area contributed by atoms with Crippen molar-refractivity contribution in [2.75, 3.05) is 23.7 Å². The molecule has 74 valence electrons. The highest BCUT2D eigenvalue weighted by Gasteiger charge is 2.52. The van der Waals surface area contributed by atoms with E-state index in [0.29, 0.717) is 16.1 Å². The molecule has 1 saturated carbocycles. The van der Waals surface area contributed by atoms with Crippen molar-refractivity contribution >= 4 is 23.0 Å². The number of hydrogen-bond acceptors (Lipinski definition) is 2. The predicted octanol–water partition coefficient (Wildman–Crippen LogP) is 2.52. The second-order valence-corrected chi connectivity index (χ2v) is 4.97. The fourth-order valence-corrected chi connectivity index (χ4v) is 2.28. The van der Waals surface area contributed by atoms with Gasteiger partial charge in [-0.05, 0) is 31.0 Å². The minimum absolute atomic E-state index is 0.649. The van der Waals surface area contributed by atoms with Crippen molar-refractivity contribution in [3.05, 3.63) is 23.2 Å². The summed E-state index contributed by atoms with van der Waals surface area (Å²) in [4.78, 5) is 2.37. The van der Waals surface area contributed by atoms with Crippen LogP contribution in [0.15, 0.2) is 18.2 Å². The van der Waals surface area contributed by atoms with Gasteiger partial charge >= 0.3 is 0 Å². The normalized spacial score (nSPS) is 22.2. The lowest BCUT2D eigenvalue weighted by Gasteiger charge is -2.42. The summed E-state index contributed by atoms with van der Waals surface area (Å²) in [5.74, 6) is 0. The van der Waals surface area contributed by atoms with Gasteiger partial charge in [-0.25, -0.2) is 0 Å². The van der Waals surface area contributed by atoms with Gasteiger partial charge in [0.15, 0.2) is 0 Å². The Morgan fingerprint density at radius 1 is 1.29 bits per heavy atom. The van der Waals surface area contributed by atoms with Crippen LogP contribution in [-0.4, -0.2) is 13.1 Å². The first kappa shape index (κ1) is 8.42. The number of benzene rings is 1. The molecule has 0 atom stereocenters. The second kappa shape index (κ2) is 2.57. The molecule has 3 rings (SSSR count). The molecule has 1 spiro atoms. The van der Waals surface area contributed by atoms with Crippen LogP contribution in [0, 0.1) is 5.41 Å². The quantitative estimate of drug-likeness (QED) is 0.719. The molecule has 2 aliphatic rings. The minimum atomic E-state index is 0.649. The van der Waals surface area contributed by atoms with Crippen LogP contribution in [-0.2, 0) is 0 Å². The molecule has 0 unspecified atom stereocenters. The number of nitrogens with zero attached hydrogens (tertiary/aromatic N) is 1.